The lowest BCUT2D eigenvalue weighted by molar-refractivity contribution is 0.0953. The molecule has 0 spiro atoms. The number of hydrogen-bond acceptors (Lipinski definition) is 4. The molecule has 3 nitrogen and oxygen atoms in total. The van der Waals surface area contributed by atoms with Crippen LogP contribution in [0.25, 0.3) is 0 Å². The minimum Gasteiger partial charge on any atom is -0.352 e. The van der Waals surface area contributed by atoms with Crippen LogP contribution in [-0.2, 0) is 25.0 Å². The second-order valence-electron chi connectivity index (χ2n) is 6.17. The predicted octanol–water partition coefficient (Wildman–Crippen LogP) is 4.25. The van der Waals surface area contributed by atoms with Gasteiger partial charge in [0.05, 0.1) is 10.7 Å². The van der Waals surface area contributed by atoms with Crippen LogP contribution in [0.15, 0.2) is 24.3 Å². The number of aromatic nitrogens is 1. The minimum absolute atomic E-state index is 0.0177. The number of rotatable bonds is 7. The highest BCUT2D eigenvalue weighted by molar-refractivity contribution is 7.97. The summed E-state index contributed by atoms with van der Waals surface area (Å²) in [6.07, 6.45) is 8.93. The second kappa shape index (κ2) is 8.67. The highest BCUT2D eigenvalue weighted by atomic mass is 32.2. The van der Waals surface area contributed by atoms with Crippen LogP contribution in [0.5, 0.6) is 0 Å². The number of hydrogen-bond donors (Lipinski definition) is 1. The van der Waals surface area contributed by atoms with Crippen molar-refractivity contribution >= 4 is 29.0 Å². The Morgan fingerprint density at radius 1 is 1.25 bits per heavy atom. The molecule has 0 saturated carbocycles. The average molecular weight is 361 g/mol. The molecule has 1 N–H and O–H groups in total. The molecule has 1 aromatic heterocycles. The van der Waals surface area contributed by atoms with Gasteiger partial charge in [-0.25, -0.2) is 4.98 Å². The molecular formula is C19H24N2OS2. The van der Waals surface area contributed by atoms with Crippen LogP contribution in [-0.4, -0.2) is 23.7 Å². The van der Waals surface area contributed by atoms with Crippen molar-refractivity contribution in [3.63, 3.8) is 0 Å². The molecule has 3 rings (SSSR count). The highest BCUT2D eigenvalue weighted by Gasteiger charge is 2.14. The molecule has 128 valence electrons. The largest absolute Gasteiger partial charge is 0.352 e. The fourth-order valence-electron chi connectivity index (χ4n) is 2.98. The van der Waals surface area contributed by atoms with Crippen molar-refractivity contribution in [2.24, 2.45) is 0 Å². The maximum absolute atomic E-state index is 12.2. The SMILES string of the molecule is CSCc1ccc(C(=O)NCCCc2nc3c(s2)CCCC3)cc1. The molecule has 0 saturated heterocycles. The van der Waals surface area contributed by atoms with Gasteiger partial charge in [0.2, 0.25) is 0 Å². The molecule has 0 radical (unpaired) electrons. The molecule has 1 aromatic carbocycles. The maximum atomic E-state index is 12.2. The van der Waals surface area contributed by atoms with Crippen LogP contribution in [0.4, 0.5) is 0 Å². The van der Waals surface area contributed by atoms with E-state index in [0.717, 1.165) is 30.6 Å². The molecule has 5 heteroatoms. The highest BCUT2D eigenvalue weighted by Crippen LogP contribution is 2.27. The average Bonchev–Trinajstić information content (AvgIpc) is 3.02. The molecule has 0 fully saturated rings. The number of thiazole rings is 1. The van der Waals surface area contributed by atoms with Gasteiger partial charge in [-0.2, -0.15) is 11.8 Å². The quantitative estimate of drug-likeness (QED) is 0.751. The number of carbonyl (C=O) groups is 1. The zero-order valence-corrected chi connectivity index (χ0v) is 15.8. The third-order valence-electron chi connectivity index (χ3n) is 4.27. The molecule has 2 aromatic rings. The number of thioether (sulfide) groups is 1. The van der Waals surface area contributed by atoms with E-state index in [4.69, 9.17) is 4.98 Å². The summed E-state index contributed by atoms with van der Waals surface area (Å²) >= 11 is 3.66. The van der Waals surface area contributed by atoms with Gasteiger partial charge in [0.1, 0.15) is 0 Å². The van der Waals surface area contributed by atoms with Crippen LogP contribution >= 0.6 is 23.1 Å². The fraction of sp³-hybridized carbons (Fsp3) is 0.474. The van der Waals surface area contributed by atoms with Gasteiger partial charge in [-0.3, -0.25) is 4.79 Å². The predicted molar refractivity (Wildman–Crippen MR) is 103 cm³/mol. The van der Waals surface area contributed by atoms with Crippen molar-refractivity contribution in [3.8, 4) is 0 Å². The number of carbonyl (C=O) groups excluding carboxylic acids is 1. The topological polar surface area (TPSA) is 42.0 Å². The number of nitrogens with one attached hydrogen (secondary N) is 1. The molecule has 0 aliphatic heterocycles. The Morgan fingerprint density at radius 3 is 2.79 bits per heavy atom. The van der Waals surface area contributed by atoms with E-state index in [1.165, 1.54) is 40.4 Å². The summed E-state index contributed by atoms with van der Waals surface area (Å²) in [6, 6.07) is 7.89. The van der Waals surface area contributed by atoms with Gasteiger partial charge in [0, 0.05) is 29.2 Å². The van der Waals surface area contributed by atoms with E-state index < -0.39 is 0 Å². The zero-order chi connectivity index (χ0) is 16.8. The first-order chi connectivity index (χ1) is 11.8. The van der Waals surface area contributed by atoms with Crippen LogP contribution < -0.4 is 5.32 Å². The Morgan fingerprint density at radius 2 is 2.04 bits per heavy atom. The lowest BCUT2D eigenvalue weighted by atomic mass is 10.0. The standard InChI is InChI=1S/C19H24N2OS2/c1-23-13-14-8-10-15(11-9-14)19(22)20-12-4-7-18-21-16-5-2-3-6-17(16)24-18/h8-11H,2-7,12-13H2,1H3,(H,20,22). The Bertz CT molecular complexity index is 656. The van der Waals surface area contributed by atoms with E-state index >= 15 is 0 Å². The van der Waals surface area contributed by atoms with Gasteiger partial charge in [0.15, 0.2) is 0 Å². The molecule has 0 bridgehead atoms. The summed E-state index contributed by atoms with van der Waals surface area (Å²) in [5, 5.41) is 4.25. The van der Waals surface area contributed by atoms with Gasteiger partial charge < -0.3 is 5.32 Å². The van der Waals surface area contributed by atoms with Gasteiger partial charge in [0.25, 0.3) is 5.91 Å². The van der Waals surface area contributed by atoms with Gasteiger partial charge in [-0.1, -0.05) is 12.1 Å². The van der Waals surface area contributed by atoms with E-state index in [1.54, 1.807) is 11.8 Å². The van der Waals surface area contributed by atoms with Crippen molar-refractivity contribution in [3.05, 3.63) is 51.0 Å². The van der Waals surface area contributed by atoms with Crippen molar-refractivity contribution in [1.29, 1.82) is 0 Å². The summed E-state index contributed by atoms with van der Waals surface area (Å²) in [5.41, 5.74) is 3.33. The van der Waals surface area contributed by atoms with Crippen LogP contribution in [0.3, 0.4) is 0 Å². The summed E-state index contributed by atoms with van der Waals surface area (Å²) < 4.78 is 0. The van der Waals surface area contributed by atoms with E-state index in [9.17, 15) is 4.79 Å². The second-order valence-corrected chi connectivity index (χ2v) is 8.21. The molecule has 0 atom stereocenters. The monoisotopic (exact) mass is 360 g/mol. The Kier molecular flexibility index (Phi) is 6.32. The van der Waals surface area contributed by atoms with Crippen LogP contribution in [0, 0.1) is 0 Å². The Labute approximate surface area is 152 Å². The normalized spacial score (nSPS) is 13.5. The van der Waals surface area contributed by atoms with E-state index in [1.807, 2.05) is 35.6 Å². The molecule has 1 aliphatic carbocycles. The Hall–Kier alpha value is -1.33. The van der Waals surface area contributed by atoms with Gasteiger partial charge in [-0.15, -0.1) is 11.3 Å². The number of nitrogens with zero attached hydrogens (tertiary/aromatic N) is 1. The van der Waals surface area contributed by atoms with Gasteiger partial charge in [-0.05, 0) is 56.1 Å². The van der Waals surface area contributed by atoms with E-state index in [-0.39, 0.29) is 5.91 Å². The molecule has 1 amide bonds. The molecular weight excluding hydrogens is 336 g/mol. The zero-order valence-electron chi connectivity index (χ0n) is 14.1. The molecule has 24 heavy (non-hydrogen) atoms. The van der Waals surface area contributed by atoms with Crippen molar-refractivity contribution < 1.29 is 4.79 Å². The third-order valence-corrected chi connectivity index (χ3v) is 6.11. The fourth-order valence-corrected chi connectivity index (χ4v) is 4.70. The number of aryl methyl sites for hydroxylation is 3. The molecule has 1 heterocycles. The van der Waals surface area contributed by atoms with E-state index in [0.29, 0.717) is 6.54 Å². The minimum atomic E-state index is 0.0177. The first-order valence-electron chi connectivity index (χ1n) is 8.60. The number of fused-ring (bicyclic) bond motifs is 1. The summed E-state index contributed by atoms with van der Waals surface area (Å²) in [7, 11) is 0. The summed E-state index contributed by atoms with van der Waals surface area (Å²) in [4.78, 5) is 18.4. The maximum Gasteiger partial charge on any atom is 0.251 e. The van der Waals surface area contributed by atoms with Crippen molar-refractivity contribution in [1.82, 2.24) is 10.3 Å². The van der Waals surface area contributed by atoms with Gasteiger partial charge >= 0.3 is 0 Å². The first kappa shape index (κ1) is 17.5. The smallest absolute Gasteiger partial charge is 0.251 e. The van der Waals surface area contributed by atoms with Crippen molar-refractivity contribution in [2.75, 3.05) is 12.8 Å². The number of amides is 1. The summed E-state index contributed by atoms with van der Waals surface area (Å²) in [5.74, 6) is 1.00. The van der Waals surface area contributed by atoms with Crippen molar-refractivity contribution in [2.45, 2.75) is 44.3 Å². The summed E-state index contributed by atoms with van der Waals surface area (Å²) in [6.45, 7) is 0.704. The van der Waals surface area contributed by atoms with Crippen LogP contribution in [0.2, 0.25) is 0 Å². The lowest BCUT2D eigenvalue weighted by Gasteiger charge is -2.06. The van der Waals surface area contributed by atoms with E-state index in [2.05, 4.69) is 11.6 Å². The van der Waals surface area contributed by atoms with Crippen LogP contribution in [0.1, 0.15) is 50.8 Å². The molecule has 0 unspecified atom stereocenters. The number of benzene rings is 1. The Balaban J connectivity index is 1.42. The third kappa shape index (κ3) is 4.61. The first-order valence-corrected chi connectivity index (χ1v) is 10.8. The molecule has 1 aliphatic rings. The lowest BCUT2D eigenvalue weighted by Crippen LogP contribution is -2.24.